The second-order valence-electron chi connectivity index (χ2n) is 7.36. The monoisotopic (exact) mass is 430 g/mol. The number of amides is 3. The molecule has 164 valence electrons. The molecule has 0 bridgehead atoms. The van der Waals surface area contributed by atoms with Crippen LogP contribution in [0.3, 0.4) is 0 Å². The van der Waals surface area contributed by atoms with Crippen LogP contribution in [-0.4, -0.2) is 47.2 Å². The number of benzene rings is 1. The van der Waals surface area contributed by atoms with Gasteiger partial charge in [-0.3, -0.25) is 19.4 Å². The highest BCUT2D eigenvalue weighted by Crippen LogP contribution is 2.18. The normalized spacial score (nSPS) is 14.2. The fourth-order valence-corrected chi connectivity index (χ4v) is 3.44. The molecule has 0 saturated carbocycles. The summed E-state index contributed by atoms with van der Waals surface area (Å²) in [4.78, 5) is 42.3. The summed E-state index contributed by atoms with van der Waals surface area (Å²) in [5.41, 5.74) is 0.651. The maximum Gasteiger partial charge on any atom is 0.254 e. The zero-order chi connectivity index (χ0) is 22.2. The van der Waals surface area contributed by atoms with Gasteiger partial charge in [-0.1, -0.05) is 6.07 Å². The molecule has 0 radical (unpaired) electrons. The molecule has 1 aromatic heterocycles. The number of nitrogens with one attached hydrogen (secondary N) is 2. The number of carbonyl (C=O) groups excluding carboxylic acids is 3. The van der Waals surface area contributed by atoms with Gasteiger partial charge in [-0.15, -0.1) is 0 Å². The second-order valence-corrected chi connectivity index (χ2v) is 7.36. The van der Waals surface area contributed by atoms with Crippen LogP contribution >= 0.6 is 0 Å². The predicted molar refractivity (Wildman–Crippen MR) is 109 cm³/mol. The van der Waals surface area contributed by atoms with Crippen LogP contribution in [0.1, 0.15) is 35.2 Å². The molecular formula is C22H24F2N4O3. The lowest BCUT2D eigenvalue weighted by Crippen LogP contribution is -2.43. The van der Waals surface area contributed by atoms with E-state index in [9.17, 15) is 23.2 Å². The van der Waals surface area contributed by atoms with Gasteiger partial charge >= 0.3 is 0 Å². The summed E-state index contributed by atoms with van der Waals surface area (Å²) in [5, 5.41) is 5.37. The van der Waals surface area contributed by atoms with E-state index in [1.807, 2.05) is 12.1 Å². The zero-order valence-electron chi connectivity index (χ0n) is 16.9. The number of carbonyl (C=O) groups is 3. The van der Waals surface area contributed by atoms with Crippen molar-refractivity contribution in [1.29, 1.82) is 0 Å². The first-order chi connectivity index (χ1) is 14.9. The third-order valence-electron chi connectivity index (χ3n) is 5.21. The Labute approximate surface area is 178 Å². The average Bonchev–Trinajstić information content (AvgIpc) is 2.78. The molecule has 1 fully saturated rings. The summed E-state index contributed by atoms with van der Waals surface area (Å²) < 4.78 is 26.5. The van der Waals surface area contributed by atoms with Crippen molar-refractivity contribution in [1.82, 2.24) is 20.5 Å². The van der Waals surface area contributed by atoms with Crippen molar-refractivity contribution < 1.29 is 23.2 Å². The van der Waals surface area contributed by atoms with Gasteiger partial charge in [0, 0.05) is 57.0 Å². The van der Waals surface area contributed by atoms with E-state index in [0.29, 0.717) is 38.5 Å². The summed E-state index contributed by atoms with van der Waals surface area (Å²) in [6.45, 7) is 1.38. The third-order valence-corrected chi connectivity index (χ3v) is 5.21. The predicted octanol–water partition coefficient (Wildman–Crippen LogP) is 2.03. The number of nitrogens with zero attached hydrogens (tertiary/aromatic N) is 2. The van der Waals surface area contributed by atoms with Gasteiger partial charge in [0.15, 0.2) is 0 Å². The molecule has 0 spiro atoms. The molecule has 9 heteroatoms. The van der Waals surface area contributed by atoms with Crippen molar-refractivity contribution in [3.63, 3.8) is 0 Å². The molecule has 1 aliphatic heterocycles. The number of hydrogen-bond acceptors (Lipinski definition) is 4. The minimum atomic E-state index is -0.951. The van der Waals surface area contributed by atoms with Gasteiger partial charge in [-0.05, 0) is 36.6 Å². The van der Waals surface area contributed by atoms with Gasteiger partial charge in [0.25, 0.3) is 5.91 Å². The summed E-state index contributed by atoms with van der Waals surface area (Å²) in [6, 6.07) is 6.39. The lowest BCUT2D eigenvalue weighted by atomic mass is 9.95. The molecule has 7 nitrogen and oxygen atoms in total. The highest BCUT2D eigenvalue weighted by atomic mass is 19.1. The number of pyridine rings is 1. The lowest BCUT2D eigenvalue weighted by Gasteiger charge is -2.31. The maximum atomic E-state index is 13.6. The van der Waals surface area contributed by atoms with Crippen molar-refractivity contribution in [3.8, 4) is 0 Å². The minimum absolute atomic E-state index is 0.0375. The van der Waals surface area contributed by atoms with E-state index in [1.165, 1.54) is 0 Å². The van der Waals surface area contributed by atoms with Crippen LogP contribution in [0, 0.1) is 17.6 Å². The minimum Gasteiger partial charge on any atom is -0.352 e. The summed E-state index contributed by atoms with van der Waals surface area (Å²) >= 11 is 0. The van der Waals surface area contributed by atoms with Crippen molar-refractivity contribution in [2.24, 2.45) is 5.92 Å². The van der Waals surface area contributed by atoms with Gasteiger partial charge in [0.05, 0.1) is 5.56 Å². The molecule has 0 atom stereocenters. The Bertz CT molecular complexity index is 932. The molecule has 3 amide bonds. The van der Waals surface area contributed by atoms with E-state index in [2.05, 4.69) is 15.6 Å². The van der Waals surface area contributed by atoms with Crippen LogP contribution in [0.25, 0.3) is 0 Å². The van der Waals surface area contributed by atoms with Gasteiger partial charge < -0.3 is 15.5 Å². The number of aromatic nitrogens is 1. The van der Waals surface area contributed by atoms with Gasteiger partial charge in [-0.25, -0.2) is 8.78 Å². The van der Waals surface area contributed by atoms with Gasteiger partial charge in [-0.2, -0.15) is 0 Å². The summed E-state index contributed by atoms with van der Waals surface area (Å²) in [7, 11) is 0. The number of rotatable bonds is 7. The molecular weight excluding hydrogens is 406 g/mol. The maximum absolute atomic E-state index is 13.6. The first-order valence-electron chi connectivity index (χ1n) is 10.1. The van der Waals surface area contributed by atoms with Crippen molar-refractivity contribution >= 4 is 17.7 Å². The Morgan fingerprint density at radius 1 is 1.10 bits per heavy atom. The van der Waals surface area contributed by atoms with E-state index in [0.717, 1.165) is 17.7 Å². The molecule has 1 saturated heterocycles. The zero-order valence-corrected chi connectivity index (χ0v) is 16.9. The molecule has 1 aromatic carbocycles. The lowest BCUT2D eigenvalue weighted by molar-refractivity contribution is -0.135. The smallest absolute Gasteiger partial charge is 0.254 e. The van der Waals surface area contributed by atoms with E-state index in [1.54, 1.807) is 17.3 Å². The number of likely N-dealkylation sites (tertiary alicyclic amines) is 1. The van der Waals surface area contributed by atoms with Crippen LogP contribution in [0.5, 0.6) is 0 Å². The average molecular weight is 430 g/mol. The summed E-state index contributed by atoms with van der Waals surface area (Å²) in [6.07, 6.45) is 4.57. The molecule has 1 aliphatic rings. The topological polar surface area (TPSA) is 91.4 Å². The SMILES string of the molecule is O=C(NCCC(=O)N1CCC(C(=O)NCc2cccnc2)CC1)c1ccc(F)cc1F. The van der Waals surface area contributed by atoms with Gasteiger partial charge in [0.2, 0.25) is 11.8 Å². The molecule has 31 heavy (non-hydrogen) atoms. The Morgan fingerprint density at radius 2 is 1.87 bits per heavy atom. The second kappa shape index (κ2) is 10.6. The van der Waals surface area contributed by atoms with E-state index >= 15 is 0 Å². The molecule has 0 aliphatic carbocycles. The molecule has 0 unspecified atom stereocenters. The van der Waals surface area contributed by atoms with Crippen LogP contribution in [0.2, 0.25) is 0 Å². The fraction of sp³-hybridized carbons (Fsp3) is 0.364. The standard InChI is InChI=1S/C22H24F2N4O3/c23-17-3-4-18(19(24)12-17)22(31)26-9-5-20(29)28-10-6-16(7-11-28)21(30)27-14-15-2-1-8-25-13-15/h1-4,8,12-13,16H,5-7,9-11,14H2,(H,26,31)(H,27,30). The van der Waals surface area contributed by atoms with Crippen molar-refractivity contribution in [2.45, 2.75) is 25.8 Å². The Morgan fingerprint density at radius 3 is 2.55 bits per heavy atom. The third kappa shape index (κ3) is 6.31. The van der Waals surface area contributed by atoms with Crippen LogP contribution in [0.15, 0.2) is 42.7 Å². The van der Waals surface area contributed by atoms with E-state index in [4.69, 9.17) is 0 Å². The number of halogens is 2. The quantitative estimate of drug-likeness (QED) is 0.703. The highest BCUT2D eigenvalue weighted by Gasteiger charge is 2.27. The van der Waals surface area contributed by atoms with E-state index in [-0.39, 0.29) is 36.3 Å². The first-order valence-corrected chi connectivity index (χ1v) is 10.1. The van der Waals surface area contributed by atoms with E-state index < -0.39 is 17.5 Å². The Balaban J connectivity index is 1.37. The first kappa shape index (κ1) is 22.3. The fourth-order valence-electron chi connectivity index (χ4n) is 3.44. The molecule has 2 heterocycles. The summed E-state index contributed by atoms with van der Waals surface area (Å²) in [5.74, 6) is -2.75. The molecule has 2 aromatic rings. The number of hydrogen-bond donors (Lipinski definition) is 2. The Kier molecular flexibility index (Phi) is 7.64. The molecule has 3 rings (SSSR count). The van der Waals surface area contributed by atoms with Gasteiger partial charge in [0.1, 0.15) is 11.6 Å². The van der Waals surface area contributed by atoms with Crippen molar-refractivity contribution in [3.05, 3.63) is 65.5 Å². The van der Waals surface area contributed by atoms with Crippen LogP contribution in [0.4, 0.5) is 8.78 Å². The van der Waals surface area contributed by atoms with Crippen LogP contribution in [-0.2, 0) is 16.1 Å². The Hall–Kier alpha value is -3.36. The highest BCUT2D eigenvalue weighted by molar-refractivity contribution is 5.94. The number of piperidine rings is 1. The molecule has 2 N–H and O–H groups in total. The van der Waals surface area contributed by atoms with Crippen LogP contribution < -0.4 is 10.6 Å². The van der Waals surface area contributed by atoms with Crippen molar-refractivity contribution in [2.75, 3.05) is 19.6 Å². The largest absolute Gasteiger partial charge is 0.352 e.